The molecule has 27 nitrogen and oxygen atoms in total. The number of carbonyl (C=O) groups excluding carboxylic acids is 3. The summed E-state index contributed by atoms with van der Waals surface area (Å²) in [6.45, 7) is -2.73. The van der Waals surface area contributed by atoms with Crippen molar-refractivity contribution in [2.75, 3.05) is 61.5 Å². The molecule has 36 heteroatoms. The van der Waals surface area contributed by atoms with Gasteiger partial charge in [0.15, 0.2) is 43.0 Å². The van der Waals surface area contributed by atoms with Crippen molar-refractivity contribution in [1.29, 1.82) is 0 Å². The second-order valence-corrected chi connectivity index (χ2v) is 11.4. The Morgan fingerprint density at radius 2 is 0.773 bits per heavy atom. The summed E-state index contributed by atoms with van der Waals surface area (Å²) in [6.07, 6.45) is -21.2. The zero-order valence-electron chi connectivity index (χ0n) is 35.7. The molecular weight excluding hydrogens is 2840 g/mol. The summed E-state index contributed by atoms with van der Waals surface area (Å²) >= 11 is 0. The van der Waals surface area contributed by atoms with Crippen molar-refractivity contribution >= 4 is 17.7 Å². The van der Waals surface area contributed by atoms with Crippen molar-refractivity contribution in [2.45, 2.75) is 112 Å². The Bertz CT molecular complexity index is 1020. The standard InChI is InChI=1S/C6H12O6.C6H10O6.2C6H12O5.C5H10O5.CH4.9Ac/c2*1-12-6(11)5(10)4(9)3(8)2-7;2*1-10-6-5(9)4(8)3(2-7)11-6;6-1-2-3(7)4(8)5(9)10-2;;;;;;;;;;/h3-5,7-10H,2H2,1H3;4-5,7,9-10H,2H2,1H3;2*3-9H,2H2,1H3;2-9H,1H2;1H4;;;;;;;;;/t;;;;2?,3-,4-,5?;;;;;;;;;;/m....1........../s1. The summed E-state index contributed by atoms with van der Waals surface area (Å²) < 4.78 is 31.9. The first kappa shape index (κ1) is 105. The number of hydrogen-bond donors (Lipinski definition) is 17. The monoisotopic (exact) mass is 2900 g/mol. The van der Waals surface area contributed by atoms with Crippen LogP contribution in [0.1, 0.15) is 7.43 Å². The molecular formula is C30H60Ac9O27. The van der Waals surface area contributed by atoms with Crippen molar-refractivity contribution in [3.63, 3.8) is 0 Å². The van der Waals surface area contributed by atoms with E-state index in [0.717, 1.165) is 14.2 Å². The minimum atomic E-state index is -1.94. The van der Waals surface area contributed by atoms with Crippen molar-refractivity contribution in [2.24, 2.45) is 0 Å². The third kappa shape index (κ3) is 40.0. The minimum Gasteiger partial charge on any atom is -0.467 e. The predicted molar refractivity (Wildman–Crippen MR) is 179 cm³/mol. The van der Waals surface area contributed by atoms with E-state index < -0.39 is 142 Å². The smallest absolute Gasteiger partial charge is 0.337 e. The fraction of sp³-hybridized carbons (Fsp3) is 0.900. The molecule has 15 unspecified atom stereocenters. The number of hydrogen-bond acceptors (Lipinski definition) is 27. The van der Waals surface area contributed by atoms with Crippen molar-refractivity contribution in [3.05, 3.63) is 0 Å². The SMILES string of the molecule is C.COC(=O)C(O)C(O)C(=O)CO.COC(=O)C(O)C(O)C(O)CO.COC1OC(CO)C(O)C1O.COC1OC(CO)C(O)C1O.OCC1OC(O)[C@H](O)[C@@H]1O.[Ac].[Ac].[Ac].[Ac].[Ac].[Ac].[Ac].[Ac].[Ac]. The van der Waals surface area contributed by atoms with Gasteiger partial charge >= 0.3 is 11.9 Å². The quantitative estimate of drug-likeness (QED) is 0.0762. The van der Waals surface area contributed by atoms with Gasteiger partial charge in [-0.3, -0.25) is 4.79 Å². The number of aliphatic hydroxyl groups excluding tert-OH is 17. The molecule has 3 aliphatic rings. The van der Waals surface area contributed by atoms with Gasteiger partial charge in [-0.2, -0.15) is 0 Å². The van der Waals surface area contributed by atoms with Gasteiger partial charge in [0, 0.05) is 411 Å². The van der Waals surface area contributed by atoms with Crippen LogP contribution in [0.3, 0.4) is 0 Å². The maximum absolute atomic E-state index is 10.5. The van der Waals surface area contributed by atoms with Crippen LogP contribution in [0.5, 0.6) is 0 Å². The number of carbonyl (C=O) groups is 3. The molecule has 3 aliphatic heterocycles. The average Bonchev–Trinajstić information content (AvgIpc) is 3.77. The molecule has 17 N–H and O–H groups in total. The maximum Gasteiger partial charge on any atom is 0.337 e. The van der Waals surface area contributed by atoms with Crippen LogP contribution in [-0.4, -0.2) is 270 Å². The fourth-order valence-electron chi connectivity index (χ4n) is 4.10. The molecule has 0 aromatic heterocycles. The first-order valence-electron chi connectivity index (χ1n) is 16.1. The van der Waals surface area contributed by atoms with Crippen LogP contribution in [0.2, 0.25) is 0 Å². The third-order valence-electron chi connectivity index (χ3n) is 7.55. The first-order valence-corrected chi connectivity index (χ1v) is 16.1. The van der Waals surface area contributed by atoms with Crippen LogP contribution in [-0.2, 0) is 47.5 Å². The molecule has 3 rings (SSSR count). The summed E-state index contributed by atoms with van der Waals surface area (Å²) in [4.78, 5) is 31.6. The van der Waals surface area contributed by atoms with Gasteiger partial charge in [-0.15, -0.1) is 0 Å². The summed E-state index contributed by atoms with van der Waals surface area (Å²) in [5, 5.41) is 150. The summed E-state index contributed by atoms with van der Waals surface area (Å²) in [5.74, 6) is -3.22. The largest absolute Gasteiger partial charge is 0.467 e. The van der Waals surface area contributed by atoms with Crippen LogP contribution in [0.25, 0.3) is 0 Å². The molecule has 0 saturated carbocycles. The fourth-order valence-corrected chi connectivity index (χ4v) is 4.10. The second-order valence-electron chi connectivity index (χ2n) is 11.4. The molecule has 0 spiro atoms. The third-order valence-corrected chi connectivity index (χ3v) is 7.55. The first-order chi connectivity index (χ1) is 26.1. The van der Waals surface area contributed by atoms with E-state index in [1.165, 1.54) is 14.2 Å². The molecule has 0 amide bonds. The molecule has 0 aliphatic carbocycles. The predicted octanol–water partition coefficient (Wildman–Crippen LogP) is -11.1. The Morgan fingerprint density at radius 3 is 0.970 bits per heavy atom. The number of rotatable bonds is 13. The number of methoxy groups -OCH3 is 4. The van der Waals surface area contributed by atoms with Crippen LogP contribution in [0.15, 0.2) is 0 Å². The van der Waals surface area contributed by atoms with Crippen molar-refractivity contribution in [1.82, 2.24) is 0 Å². The molecule has 3 fully saturated rings. The molecule has 9 radical (unpaired) electrons. The molecule has 3 saturated heterocycles. The van der Waals surface area contributed by atoms with E-state index in [2.05, 4.69) is 23.7 Å². The molecule has 66 heavy (non-hydrogen) atoms. The van der Waals surface area contributed by atoms with Gasteiger partial charge < -0.3 is 120 Å². The number of ketones is 1. The van der Waals surface area contributed by atoms with E-state index in [4.69, 9.17) is 96.3 Å². The zero-order valence-corrected chi connectivity index (χ0v) is 78.4. The Balaban J connectivity index is -0.0000000532. The van der Waals surface area contributed by atoms with Gasteiger partial charge in [0.25, 0.3) is 0 Å². The summed E-state index contributed by atoms with van der Waals surface area (Å²) in [6, 6.07) is 0. The normalized spacial score (nSPS) is 28.2. The minimum absolute atomic E-state index is 0. The second kappa shape index (κ2) is 61.8. The van der Waals surface area contributed by atoms with Gasteiger partial charge in [-0.05, 0) is 0 Å². The van der Waals surface area contributed by atoms with Gasteiger partial charge in [0.05, 0.1) is 40.6 Å². The molecule has 3 heterocycles. The molecule has 0 aromatic rings. The Labute approximate surface area is 704 Å². The number of aliphatic hydroxyl groups is 17. The summed E-state index contributed by atoms with van der Waals surface area (Å²) in [7, 11) is 4.76. The van der Waals surface area contributed by atoms with E-state index in [-0.39, 0.29) is 417 Å². The Hall–Kier alpha value is 10.7. The topological polar surface area (TPSA) is 460 Å². The van der Waals surface area contributed by atoms with E-state index >= 15 is 0 Å². The zero-order chi connectivity index (χ0) is 44.0. The maximum atomic E-state index is 10.5. The van der Waals surface area contributed by atoms with Gasteiger partial charge in [0.2, 0.25) is 0 Å². The Morgan fingerprint density at radius 1 is 0.470 bits per heavy atom. The van der Waals surface area contributed by atoms with Crippen LogP contribution < -0.4 is 0 Å². The number of Topliss-reactive ketones (excluding diaryl/α,β-unsaturated/α-hetero) is 1. The summed E-state index contributed by atoms with van der Waals surface area (Å²) in [5.41, 5.74) is 0. The number of esters is 2. The Kier molecular flexibility index (Phi) is 98.3. The molecule has 369 valence electrons. The van der Waals surface area contributed by atoms with Gasteiger partial charge in [-0.25, -0.2) is 9.59 Å². The van der Waals surface area contributed by atoms with Crippen LogP contribution in [0, 0.1) is 397 Å². The van der Waals surface area contributed by atoms with Gasteiger partial charge in [0.1, 0.15) is 73.8 Å². The number of ether oxygens (including phenoxy) is 7. The van der Waals surface area contributed by atoms with Gasteiger partial charge in [-0.1, -0.05) is 7.43 Å². The van der Waals surface area contributed by atoms with E-state index in [9.17, 15) is 14.4 Å². The van der Waals surface area contributed by atoms with Crippen LogP contribution in [0.4, 0.5) is 0 Å². The molecule has 0 aromatic carbocycles. The van der Waals surface area contributed by atoms with E-state index in [1.807, 2.05) is 0 Å². The van der Waals surface area contributed by atoms with E-state index in [0.29, 0.717) is 0 Å². The van der Waals surface area contributed by atoms with Crippen LogP contribution >= 0.6 is 0 Å². The van der Waals surface area contributed by atoms with E-state index in [1.54, 1.807) is 0 Å². The van der Waals surface area contributed by atoms with Crippen molar-refractivity contribution in [3.8, 4) is 0 Å². The van der Waals surface area contributed by atoms with Crippen molar-refractivity contribution < 1.29 is 531 Å². The molecule has 17 atom stereocenters. The molecule has 0 bridgehead atoms. The average molecular weight is 2900 g/mol.